The highest BCUT2D eigenvalue weighted by Crippen LogP contribution is 2.37. The molecule has 1 heterocycles. The first-order chi connectivity index (χ1) is 9.84. The van der Waals surface area contributed by atoms with E-state index in [0.29, 0.717) is 5.75 Å². The molecule has 0 aliphatic carbocycles. The Morgan fingerprint density at radius 2 is 1.90 bits per heavy atom. The van der Waals surface area contributed by atoms with E-state index in [1.807, 2.05) is 0 Å². The summed E-state index contributed by atoms with van der Waals surface area (Å²) >= 11 is 0. The highest BCUT2D eigenvalue weighted by atomic mass is 16.3. The van der Waals surface area contributed by atoms with Crippen molar-refractivity contribution in [3.63, 3.8) is 0 Å². The normalized spacial score (nSPS) is 12.2. The first kappa shape index (κ1) is 15.9. The first-order valence-corrected chi connectivity index (χ1v) is 8.06. The molecule has 1 aromatic carbocycles. The highest BCUT2D eigenvalue weighted by molar-refractivity contribution is 5.86. The number of fused-ring (bicyclic) bond motifs is 1. The summed E-state index contributed by atoms with van der Waals surface area (Å²) in [5, 5.41) is 10.6. The van der Waals surface area contributed by atoms with E-state index in [4.69, 9.17) is 0 Å². The number of hydrogen-bond acceptors (Lipinski definition) is 2. The Labute approximate surface area is 127 Å². The van der Waals surface area contributed by atoms with E-state index in [0.717, 1.165) is 40.8 Å². The number of benzene rings is 1. The molecular formula is C18H28N2O. The van der Waals surface area contributed by atoms with Crippen molar-refractivity contribution in [1.82, 2.24) is 9.97 Å². The number of H-pyrrole nitrogens is 1. The van der Waals surface area contributed by atoms with E-state index in [1.165, 1.54) is 19.3 Å². The summed E-state index contributed by atoms with van der Waals surface area (Å²) in [5.41, 5.74) is 3.75. The molecule has 3 nitrogen and oxygen atoms in total. The molecular weight excluding hydrogens is 260 g/mol. The zero-order valence-corrected chi connectivity index (χ0v) is 14.0. The maximum atomic E-state index is 10.6. The van der Waals surface area contributed by atoms with Gasteiger partial charge in [-0.15, -0.1) is 0 Å². The fourth-order valence-corrected chi connectivity index (χ4v) is 2.77. The van der Waals surface area contributed by atoms with E-state index in [2.05, 4.69) is 50.7 Å². The Morgan fingerprint density at radius 3 is 2.52 bits per heavy atom. The second-order valence-corrected chi connectivity index (χ2v) is 7.06. The van der Waals surface area contributed by atoms with Crippen LogP contribution in [0.5, 0.6) is 5.75 Å². The van der Waals surface area contributed by atoms with Gasteiger partial charge in [0.1, 0.15) is 17.1 Å². The lowest BCUT2D eigenvalue weighted by atomic mass is 9.85. The molecule has 0 saturated heterocycles. The number of aryl methyl sites for hydroxylation is 2. The summed E-state index contributed by atoms with van der Waals surface area (Å²) < 4.78 is 0. The van der Waals surface area contributed by atoms with E-state index >= 15 is 0 Å². The van der Waals surface area contributed by atoms with Crippen molar-refractivity contribution in [3.05, 3.63) is 23.0 Å². The second-order valence-electron chi connectivity index (χ2n) is 7.06. The monoisotopic (exact) mass is 288 g/mol. The molecule has 21 heavy (non-hydrogen) atoms. The van der Waals surface area contributed by atoms with Crippen molar-refractivity contribution in [2.75, 3.05) is 0 Å². The van der Waals surface area contributed by atoms with Crippen molar-refractivity contribution in [2.45, 2.75) is 72.1 Å². The van der Waals surface area contributed by atoms with Crippen LogP contribution in [0.4, 0.5) is 0 Å². The van der Waals surface area contributed by atoms with Gasteiger partial charge >= 0.3 is 0 Å². The van der Waals surface area contributed by atoms with Gasteiger partial charge in [-0.05, 0) is 30.4 Å². The number of phenols is 1. The summed E-state index contributed by atoms with van der Waals surface area (Å²) in [6, 6.07) is 2.08. The minimum atomic E-state index is -0.0801. The van der Waals surface area contributed by atoms with E-state index in [9.17, 15) is 5.11 Å². The SMILES string of the molecule is CCCCCCc1nc2c(O)c(C(C)(C)C)cc(C)c2[nH]1. The Morgan fingerprint density at radius 1 is 1.19 bits per heavy atom. The number of aromatic nitrogens is 2. The van der Waals surface area contributed by atoms with Crippen LogP contribution in [-0.2, 0) is 11.8 Å². The lowest BCUT2D eigenvalue weighted by Crippen LogP contribution is -2.11. The van der Waals surface area contributed by atoms with Crippen LogP contribution in [0, 0.1) is 6.92 Å². The summed E-state index contributed by atoms with van der Waals surface area (Å²) in [5.74, 6) is 1.32. The molecule has 116 valence electrons. The molecule has 3 heteroatoms. The van der Waals surface area contributed by atoms with E-state index in [1.54, 1.807) is 0 Å². The van der Waals surface area contributed by atoms with Crippen LogP contribution in [0.25, 0.3) is 11.0 Å². The largest absolute Gasteiger partial charge is 0.505 e. The molecule has 2 rings (SSSR count). The van der Waals surface area contributed by atoms with Gasteiger partial charge in [0.25, 0.3) is 0 Å². The molecule has 0 bridgehead atoms. The smallest absolute Gasteiger partial charge is 0.147 e. The summed E-state index contributed by atoms with van der Waals surface area (Å²) in [6.45, 7) is 10.6. The van der Waals surface area contributed by atoms with Crippen LogP contribution in [0.2, 0.25) is 0 Å². The molecule has 0 aliphatic heterocycles. The molecule has 2 aromatic rings. The van der Waals surface area contributed by atoms with Crippen molar-refractivity contribution in [3.8, 4) is 5.75 Å². The number of imidazole rings is 1. The third-order valence-corrected chi connectivity index (χ3v) is 4.06. The maximum absolute atomic E-state index is 10.6. The standard InChI is InChI=1S/C18H28N2O/c1-6-7-8-9-10-14-19-15-12(2)11-13(18(3,4)5)17(21)16(15)20-14/h11,21H,6-10H2,1-5H3,(H,19,20). The van der Waals surface area contributed by atoms with Gasteiger partial charge in [-0.1, -0.05) is 47.0 Å². The molecule has 0 fully saturated rings. The number of nitrogens with one attached hydrogen (secondary N) is 1. The molecule has 0 radical (unpaired) electrons. The van der Waals surface area contributed by atoms with Crippen molar-refractivity contribution in [2.24, 2.45) is 0 Å². The third-order valence-electron chi connectivity index (χ3n) is 4.06. The molecule has 0 spiro atoms. The van der Waals surface area contributed by atoms with Crippen LogP contribution in [-0.4, -0.2) is 15.1 Å². The van der Waals surface area contributed by atoms with Gasteiger partial charge < -0.3 is 10.1 Å². The average molecular weight is 288 g/mol. The Bertz CT molecular complexity index is 620. The zero-order valence-electron chi connectivity index (χ0n) is 14.0. The number of nitrogens with zero attached hydrogens (tertiary/aromatic N) is 1. The molecule has 0 aliphatic rings. The Hall–Kier alpha value is -1.51. The van der Waals surface area contributed by atoms with E-state index < -0.39 is 0 Å². The van der Waals surface area contributed by atoms with Crippen LogP contribution in [0.15, 0.2) is 6.07 Å². The fourth-order valence-electron chi connectivity index (χ4n) is 2.77. The van der Waals surface area contributed by atoms with Gasteiger partial charge in [0, 0.05) is 12.0 Å². The first-order valence-electron chi connectivity index (χ1n) is 8.06. The summed E-state index contributed by atoms with van der Waals surface area (Å²) in [4.78, 5) is 8.03. The molecule has 2 N–H and O–H groups in total. The number of hydrogen-bond donors (Lipinski definition) is 2. The van der Waals surface area contributed by atoms with Gasteiger partial charge in [-0.2, -0.15) is 0 Å². The predicted molar refractivity (Wildman–Crippen MR) is 89.0 cm³/mol. The lowest BCUT2D eigenvalue weighted by molar-refractivity contribution is 0.451. The Balaban J connectivity index is 2.34. The number of unbranched alkanes of at least 4 members (excludes halogenated alkanes) is 3. The molecule has 0 saturated carbocycles. The number of phenolic OH excluding ortho intramolecular Hbond substituents is 1. The summed E-state index contributed by atoms with van der Waals surface area (Å²) in [6.07, 6.45) is 5.87. The van der Waals surface area contributed by atoms with Crippen molar-refractivity contribution in [1.29, 1.82) is 0 Å². The number of aromatic hydroxyl groups is 1. The van der Waals surface area contributed by atoms with Crippen molar-refractivity contribution < 1.29 is 5.11 Å². The minimum Gasteiger partial charge on any atom is -0.505 e. The van der Waals surface area contributed by atoms with Crippen LogP contribution >= 0.6 is 0 Å². The second kappa shape index (κ2) is 6.08. The molecule has 0 unspecified atom stereocenters. The molecule has 0 amide bonds. The zero-order chi connectivity index (χ0) is 15.6. The van der Waals surface area contributed by atoms with E-state index in [-0.39, 0.29) is 5.41 Å². The highest BCUT2D eigenvalue weighted by Gasteiger charge is 2.22. The fraction of sp³-hybridized carbons (Fsp3) is 0.611. The van der Waals surface area contributed by atoms with Gasteiger partial charge in [0.2, 0.25) is 0 Å². The van der Waals surface area contributed by atoms with Gasteiger partial charge in [-0.25, -0.2) is 4.98 Å². The predicted octanol–water partition coefficient (Wildman–Crippen LogP) is 5.00. The molecule has 1 aromatic heterocycles. The minimum absolute atomic E-state index is 0.0801. The average Bonchev–Trinajstić information content (AvgIpc) is 2.83. The van der Waals surface area contributed by atoms with Gasteiger partial charge in [0.05, 0.1) is 5.52 Å². The Kier molecular flexibility index (Phi) is 4.60. The quantitative estimate of drug-likeness (QED) is 0.761. The summed E-state index contributed by atoms with van der Waals surface area (Å²) in [7, 11) is 0. The number of aromatic amines is 1. The lowest BCUT2D eigenvalue weighted by Gasteiger charge is -2.21. The topological polar surface area (TPSA) is 48.9 Å². The van der Waals surface area contributed by atoms with Gasteiger partial charge in [0.15, 0.2) is 0 Å². The molecule has 0 atom stereocenters. The van der Waals surface area contributed by atoms with Crippen LogP contribution < -0.4 is 0 Å². The van der Waals surface area contributed by atoms with Crippen molar-refractivity contribution >= 4 is 11.0 Å². The van der Waals surface area contributed by atoms with Crippen LogP contribution in [0.1, 0.15) is 70.3 Å². The number of rotatable bonds is 5. The van der Waals surface area contributed by atoms with Crippen LogP contribution in [0.3, 0.4) is 0 Å². The maximum Gasteiger partial charge on any atom is 0.147 e. The van der Waals surface area contributed by atoms with Gasteiger partial charge in [-0.3, -0.25) is 0 Å². The third kappa shape index (κ3) is 3.39.